The first kappa shape index (κ1) is 15.8. The summed E-state index contributed by atoms with van der Waals surface area (Å²) >= 11 is 0. The van der Waals surface area contributed by atoms with E-state index >= 15 is 0 Å². The molecule has 1 saturated heterocycles. The number of carbonyl (C=O) groups excluding carboxylic acids is 1. The van der Waals surface area contributed by atoms with E-state index in [9.17, 15) is 4.79 Å². The van der Waals surface area contributed by atoms with Crippen molar-refractivity contribution in [1.29, 1.82) is 0 Å². The van der Waals surface area contributed by atoms with Crippen LogP contribution in [0.1, 0.15) is 24.9 Å². The molecule has 2 atom stereocenters. The van der Waals surface area contributed by atoms with Gasteiger partial charge in [0.2, 0.25) is 5.91 Å². The minimum absolute atomic E-state index is 0.103. The van der Waals surface area contributed by atoms with Crippen LogP contribution in [0.25, 0.3) is 0 Å². The first-order valence-corrected chi connectivity index (χ1v) is 7.34. The highest BCUT2D eigenvalue weighted by Gasteiger charge is 2.41. The Bertz CT molecular complexity index is 506. The lowest BCUT2D eigenvalue weighted by atomic mass is 9.89. The van der Waals surface area contributed by atoms with E-state index in [1.807, 2.05) is 25.1 Å². The molecular weight excluding hydrogens is 266 g/mol. The molecule has 1 aromatic rings. The van der Waals surface area contributed by atoms with E-state index < -0.39 is 0 Å². The number of nitrogens with one attached hydrogen (secondary N) is 1. The van der Waals surface area contributed by atoms with Gasteiger partial charge in [-0.15, -0.1) is 0 Å². The minimum Gasteiger partial charge on any atom is -0.497 e. The van der Waals surface area contributed by atoms with Crippen molar-refractivity contribution in [2.45, 2.75) is 19.4 Å². The quantitative estimate of drug-likeness (QED) is 0.854. The third kappa shape index (κ3) is 3.19. The van der Waals surface area contributed by atoms with Gasteiger partial charge in [-0.2, -0.15) is 0 Å². The number of benzene rings is 1. The van der Waals surface area contributed by atoms with Crippen LogP contribution in [0.5, 0.6) is 5.75 Å². The molecule has 0 saturated carbocycles. The van der Waals surface area contributed by atoms with Gasteiger partial charge in [0.1, 0.15) is 5.75 Å². The predicted molar refractivity (Wildman–Crippen MR) is 83.2 cm³/mol. The highest BCUT2D eigenvalue weighted by molar-refractivity contribution is 5.82. The first-order valence-electron chi connectivity index (χ1n) is 7.34. The minimum atomic E-state index is -0.332. The molecule has 1 aromatic carbocycles. The molecule has 0 aromatic heterocycles. The predicted octanol–water partition coefficient (Wildman–Crippen LogP) is 1.15. The third-order valence-corrected chi connectivity index (χ3v) is 4.42. The summed E-state index contributed by atoms with van der Waals surface area (Å²) in [7, 11) is 3.35. The second-order valence-electron chi connectivity index (χ2n) is 5.89. The van der Waals surface area contributed by atoms with Crippen LogP contribution in [-0.2, 0) is 4.79 Å². The van der Waals surface area contributed by atoms with Crippen LogP contribution in [0.3, 0.4) is 0 Å². The summed E-state index contributed by atoms with van der Waals surface area (Å²) in [6.45, 7) is 4.15. The molecule has 5 nitrogen and oxygen atoms in total. The molecule has 5 heteroatoms. The fourth-order valence-corrected chi connectivity index (χ4v) is 3.09. The zero-order valence-electron chi connectivity index (χ0n) is 13.1. The van der Waals surface area contributed by atoms with E-state index in [1.165, 1.54) is 0 Å². The average Bonchev–Trinajstić information content (AvgIpc) is 2.91. The highest BCUT2D eigenvalue weighted by atomic mass is 16.5. The Morgan fingerprint density at radius 1 is 1.57 bits per heavy atom. The number of likely N-dealkylation sites (tertiary alicyclic amines) is 1. The molecule has 1 fully saturated rings. The standard InChI is InChI=1S/C16H25N3O2/c1-16(15(20)18-2)7-8-19(11-16)14(10-17)12-5-4-6-13(9-12)21-3/h4-6,9,14H,7-8,10-11,17H2,1-3H3,(H,18,20). The molecule has 2 rings (SSSR count). The monoisotopic (exact) mass is 291 g/mol. The number of amides is 1. The Hall–Kier alpha value is -1.59. The molecule has 1 heterocycles. The SMILES string of the molecule is CNC(=O)C1(C)CCN(C(CN)c2cccc(OC)c2)C1. The van der Waals surface area contributed by atoms with Crippen molar-refractivity contribution in [3.05, 3.63) is 29.8 Å². The number of hydrogen-bond acceptors (Lipinski definition) is 4. The van der Waals surface area contributed by atoms with Gasteiger partial charge in [0, 0.05) is 26.2 Å². The molecule has 0 radical (unpaired) electrons. The maximum absolute atomic E-state index is 12.0. The van der Waals surface area contributed by atoms with Crippen molar-refractivity contribution in [1.82, 2.24) is 10.2 Å². The first-order chi connectivity index (χ1) is 10.0. The van der Waals surface area contributed by atoms with Crippen molar-refractivity contribution in [2.75, 3.05) is 33.8 Å². The van der Waals surface area contributed by atoms with E-state index in [2.05, 4.69) is 16.3 Å². The van der Waals surface area contributed by atoms with Gasteiger partial charge in [-0.3, -0.25) is 9.69 Å². The van der Waals surface area contributed by atoms with E-state index in [0.29, 0.717) is 6.54 Å². The van der Waals surface area contributed by atoms with Crippen LogP contribution >= 0.6 is 0 Å². The summed E-state index contributed by atoms with van der Waals surface area (Å²) in [5, 5.41) is 2.77. The number of hydrogen-bond donors (Lipinski definition) is 2. The molecule has 3 N–H and O–H groups in total. The number of methoxy groups -OCH3 is 1. The Morgan fingerprint density at radius 3 is 2.95 bits per heavy atom. The lowest BCUT2D eigenvalue weighted by Crippen LogP contribution is -2.40. The number of carbonyl (C=O) groups is 1. The lowest BCUT2D eigenvalue weighted by Gasteiger charge is -2.29. The van der Waals surface area contributed by atoms with Gasteiger partial charge in [-0.1, -0.05) is 12.1 Å². The van der Waals surface area contributed by atoms with Crippen molar-refractivity contribution in [2.24, 2.45) is 11.1 Å². The average molecular weight is 291 g/mol. The van der Waals surface area contributed by atoms with Crippen LogP contribution in [0.4, 0.5) is 0 Å². The van der Waals surface area contributed by atoms with E-state index in [0.717, 1.165) is 30.8 Å². The lowest BCUT2D eigenvalue weighted by molar-refractivity contribution is -0.129. The Labute approximate surface area is 126 Å². The van der Waals surface area contributed by atoms with Gasteiger partial charge in [0.15, 0.2) is 0 Å². The maximum Gasteiger partial charge on any atom is 0.227 e. The highest BCUT2D eigenvalue weighted by Crippen LogP contribution is 2.35. The third-order valence-electron chi connectivity index (χ3n) is 4.42. The van der Waals surface area contributed by atoms with E-state index in [1.54, 1.807) is 14.2 Å². The van der Waals surface area contributed by atoms with Gasteiger partial charge in [0.05, 0.1) is 12.5 Å². The molecule has 1 aliphatic rings. The van der Waals surface area contributed by atoms with Crippen LogP contribution in [0, 0.1) is 5.41 Å². The molecule has 1 amide bonds. The fraction of sp³-hybridized carbons (Fsp3) is 0.562. The van der Waals surface area contributed by atoms with Crippen molar-refractivity contribution in [3.63, 3.8) is 0 Å². The summed E-state index contributed by atoms with van der Waals surface area (Å²) < 4.78 is 5.29. The number of nitrogens with zero attached hydrogens (tertiary/aromatic N) is 1. The summed E-state index contributed by atoms with van der Waals surface area (Å²) in [6.07, 6.45) is 0.854. The number of rotatable bonds is 5. The summed E-state index contributed by atoms with van der Waals surface area (Å²) in [5.41, 5.74) is 6.80. The Morgan fingerprint density at radius 2 is 2.33 bits per heavy atom. The smallest absolute Gasteiger partial charge is 0.227 e. The molecule has 0 bridgehead atoms. The van der Waals surface area contributed by atoms with Crippen molar-refractivity contribution in [3.8, 4) is 5.75 Å². The molecule has 0 spiro atoms. The maximum atomic E-state index is 12.0. The summed E-state index contributed by atoms with van der Waals surface area (Å²) in [6, 6.07) is 8.11. The van der Waals surface area contributed by atoms with Gasteiger partial charge >= 0.3 is 0 Å². The van der Waals surface area contributed by atoms with Crippen molar-refractivity contribution >= 4 is 5.91 Å². The molecule has 2 unspecified atom stereocenters. The van der Waals surface area contributed by atoms with Crippen LogP contribution in [0.2, 0.25) is 0 Å². The van der Waals surface area contributed by atoms with Crippen LogP contribution in [-0.4, -0.2) is 44.6 Å². The summed E-state index contributed by atoms with van der Waals surface area (Å²) in [5.74, 6) is 0.936. The van der Waals surface area contributed by atoms with Gasteiger partial charge in [0.25, 0.3) is 0 Å². The van der Waals surface area contributed by atoms with Crippen molar-refractivity contribution < 1.29 is 9.53 Å². The molecule has 0 aliphatic carbocycles. The second-order valence-corrected chi connectivity index (χ2v) is 5.89. The number of nitrogens with two attached hydrogens (primary N) is 1. The fourth-order valence-electron chi connectivity index (χ4n) is 3.09. The van der Waals surface area contributed by atoms with E-state index in [-0.39, 0.29) is 17.4 Å². The van der Waals surface area contributed by atoms with Gasteiger partial charge < -0.3 is 15.8 Å². The number of ether oxygens (including phenoxy) is 1. The van der Waals surface area contributed by atoms with Crippen LogP contribution < -0.4 is 15.8 Å². The zero-order valence-corrected chi connectivity index (χ0v) is 13.1. The van der Waals surface area contributed by atoms with Gasteiger partial charge in [-0.05, 0) is 37.6 Å². The topological polar surface area (TPSA) is 67.6 Å². The molecule has 116 valence electrons. The van der Waals surface area contributed by atoms with Gasteiger partial charge in [-0.25, -0.2) is 0 Å². The molecular formula is C16H25N3O2. The molecule has 1 aliphatic heterocycles. The zero-order chi connectivity index (χ0) is 15.5. The normalized spacial score (nSPS) is 23.8. The van der Waals surface area contributed by atoms with E-state index in [4.69, 9.17) is 10.5 Å². The Kier molecular flexibility index (Phi) is 4.85. The molecule has 21 heavy (non-hydrogen) atoms. The largest absolute Gasteiger partial charge is 0.497 e. The second kappa shape index (κ2) is 6.45. The Balaban J connectivity index is 2.17. The van der Waals surface area contributed by atoms with Crippen LogP contribution in [0.15, 0.2) is 24.3 Å². The summed E-state index contributed by atoms with van der Waals surface area (Å²) in [4.78, 5) is 14.3.